The molecule has 6 heteroatoms. The molecule has 0 unspecified atom stereocenters. The second-order valence-electron chi connectivity index (χ2n) is 3.50. The van der Waals surface area contributed by atoms with Gasteiger partial charge in [-0.15, -0.1) is 0 Å². The number of carboxylic acid groups (broad SMARTS) is 1. The van der Waals surface area contributed by atoms with Crippen LogP contribution in [0.1, 0.15) is 24.2 Å². The number of ether oxygens (including phenoxy) is 1. The molecule has 0 spiro atoms. The first-order valence-electron chi connectivity index (χ1n) is 5.69. The Hall–Kier alpha value is -2.11. The van der Waals surface area contributed by atoms with E-state index in [0.717, 1.165) is 0 Å². The largest absolute Gasteiger partial charge is 0.480 e. The molecule has 1 amide bonds. The summed E-state index contributed by atoms with van der Waals surface area (Å²) in [6.45, 7) is 3.87. The first-order valence-corrected chi connectivity index (χ1v) is 5.69. The summed E-state index contributed by atoms with van der Waals surface area (Å²) in [6, 6.07) is 3.19. The number of carbonyl (C=O) groups is 2. The van der Waals surface area contributed by atoms with E-state index in [2.05, 4.69) is 4.98 Å². The number of aromatic nitrogens is 1. The van der Waals surface area contributed by atoms with E-state index in [0.29, 0.717) is 13.2 Å². The SMILES string of the molecule is CCOc1ncccc1C(=O)N(CC)CC(=O)O. The van der Waals surface area contributed by atoms with E-state index in [-0.39, 0.29) is 18.0 Å². The van der Waals surface area contributed by atoms with Crippen molar-refractivity contribution in [2.75, 3.05) is 19.7 Å². The van der Waals surface area contributed by atoms with Crippen LogP contribution in [0.4, 0.5) is 0 Å². The van der Waals surface area contributed by atoms with Crippen molar-refractivity contribution in [1.82, 2.24) is 9.88 Å². The van der Waals surface area contributed by atoms with Crippen LogP contribution in [0.25, 0.3) is 0 Å². The summed E-state index contributed by atoms with van der Waals surface area (Å²) in [6.07, 6.45) is 1.52. The third-order valence-electron chi connectivity index (χ3n) is 2.28. The maximum atomic E-state index is 12.1. The van der Waals surface area contributed by atoms with Crippen LogP contribution in [0.15, 0.2) is 18.3 Å². The Kier molecular flexibility index (Phi) is 5.10. The molecule has 0 radical (unpaired) electrons. The molecule has 0 aliphatic carbocycles. The molecule has 0 atom stereocenters. The highest BCUT2D eigenvalue weighted by Crippen LogP contribution is 2.16. The number of likely N-dealkylation sites (N-methyl/N-ethyl adjacent to an activating group) is 1. The Bertz CT molecular complexity index is 434. The fraction of sp³-hybridized carbons (Fsp3) is 0.417. The first kappa shape index (κ1) is 14.0. The highest BCUT2D eigenvalue weighted by molar-refractivity contribution is 5.97. The monoisotopic (exact) mass is 252 g/mol. The summed E-state index contributed by atoms with van der Waals surface area (Å²) in [5.74, 6) is -1.21. The number of aliphatic carboxylic acids is 1. The maximum Gasteiger partial charge on any atom is 0.323 e. The number of rotatable bonds is 6. The lowest BCUT2D eigenvalue weighted by Crippen LogP contribution is -2.35. The summed E-state index contributed by atoms with van der Waals surface area (Å²) < 4.78 is 5.25. The molecular weight excluding hydrogens is 236 g/mol. The molecule has 1 heterocycles. The lowest BCUT2D eigenvalue weighted by atomic mass is 10.2. The molecule has 1 aromatic rings. The number of hydrogen-bond donors (Lipinski definition) is 1. The molecule has 1 N–H and O–H groups in total. The summed E-state index contributed by atoms with van der Waals surface area (Å²) in [5, 5.41) is 8.74. The average Bonchev–Trinajstić information content (AvgIpc) is 2.36. The van der Waals surface area contributed by atoms with E-state index in [1.165, 1.54) is 11.1 Å². The second-order valence-corrected chi connectivity index (χ2v) is 3.50. The van der Waals surface area contributed by atoms with Gasteiger partial charge < -0.3 is 14.7 Å². The van der Waals surface area contributed by atoms with Crippen molar-refractivity contribution in [2.24, 2.45) is 0 Å². The zero-order valence-electron chi connectivity index (χ0n) is 10.4. The molecule has 0 bridgehead atoms. The van der Waals surface area contributed by atoms with Crippen LogP contribution < -0.4 is 4.74 Å². The molecule has 18 heavy (non-hydrogen) atoms. The number of amides is 1. The highest BCUT2D eigenvalue weighted by atomic mass is 16.5. The van der Waals surface area contributed by atoms with Gasteiger partial charge in [0.05, 0.1) is 6.61 Å². The smallest absolute Gasteiger partial charge is 0.323 e. The minimum absolute atomic E-state index is 0.230. The topological polar surface area (TPSA) is 79.7 Å². The molecule has 6 nitrogen and oxygen atoms in total. The second kappa shape index (κ2) is 6.58. The molecule has 0 aromatic carbocycles. The van der Waals surface area contributed by atoms with Gasteiger partial charge in [0.15, 0.2) is 0 Å². The Balaban J connectivity index is 2.97. The summed E-state index contributed by atoms with van der Waals surface area (Å²) in [4.78, 5) is 28.0. The van der Waals surface area contributed by atoms with Crippen LogP contribution in [0.5, 0.6) is 5.88 Å². The van der Waals surface area contributed by atoms with Gasteiger partial charge in [0.25, 0.3) is 5.91 Å². The van der Waals surface area contributed by atoms with Gasteiger partial charge in [-0.05, 0) is 26.0 Å². The van der Waals surface area contributed by atoms with Gasteiger partial charge in [-0.1, -0.05) is 0 Å². The maximum absolute atomic E-state index is 12.1. The predicted octanol–water partition coefficient (Wildman–Crippen LogP) is 1.03. The molecule has 98 valence electrons. The zero-order valence-corrected chi connectivity index (χ0v) is 10.4. The Morgan fingerprint density at radius 2 is 2.17 bits per heavy atom. The van der Waals surface area contributed by atoms with Gasteiger partial charge in [-0.3, -0.25) is 9.59 Å². The van der Waals surface area contributed by atoms with Gasteiger partial charge in [0, 0.05) is 12.7 Å². The Morgan fingerprint density at radius 3 is 2.72 bits per heavy atom. The molecule has 0 saturated carbocycles. The normalized spacial score (nSPS) is 9.89. The summed E-state index contributed by atoms with van der Waals surface area (Å²) in [5.41, 5.74) is 0.280. The van der Waals surface area contributed by atoms with Crippen LogP contribution in [0.2, 0.25) is 0 Å². The Morgan fingerprint density at radius 1 is 1.44 bits per heavy atom. The third kappa shape index (κ3) is 3.44. The van der Waals surface area contributed by atoms with Gasteiger partial charge in [0.2, 0.25) is 5.88 Å². The number of pyridine rings is 1. The standard InChI is InChI=1S/C12H16N2O4/c1-3-14(8-10(15)16)12(17)9-6-5-7-13-11(9)18-4-2/h5-7H,3-4,8H2,1-2H3,(H,15,16). The number of carbonyl (C=O) groups excluding carboxylic acids is 1. The molecule has 0 saturated heterocycles. The van der Waals surface area contributed by atoms with Crippen molar-refractivity contribution in [3.05, 3.63) is 23.9 Å². The van der Waals surface area contributed by atoms with E-state index < -0.39 is 11.9 Å². The van der Waals surface area contributed by atoms with Gasteiger partial charge >= 0.3 is 5.97 Å². The van der Waals surface area contributed by atoms with Crippen molar-refractivity contribution in [2.45, 2.75) is 13.8 Å². The molecular formula is C12H16N2O4. The minimum atomic E-state index is -1.05. The quantitative estimate of drug-likeness (QED) is 0.817. The van der Waals surface area contributed by atoms with Gasteiger partial charge in [-0.25, -0.2) is 4.98 Å². The van der Waals surface area contributed by atoms with Crippen molar-refractivity contribution in [1.29, 1.82) is 0 Å². The number of carboxylic acids is 1. The highest BCUT2D eigenvalue weighted by Gasteiger charge is 2.20. The number of hydrogen-bond acceptors (Lipinski definition) is 4. The lowest BCUT2D eigenvalue weighted by molar-refractivity contribution is -0.137. The van der Waals surface area contributed by atoms with Crippen LogP contribution in [0, 0.1) is 0 Å². The fourth-order valence-electron chi connectivity index (χ4n) is 1.47. The van der Waals surface area contributed by atoms with Crippen molar-refractivity contribution in [3.63, 3.8) is 0 Å². The van der Waals surface area contributed by atoms with Crippen LogP contribution >= 0.6 is 0 Å². The van der Waals surface area contributed by atoms with E-state index in [9.17, 15) is 9.59 Å². The first-order chi connectivity index (χ1) is 8.60. The Labute approximate surface area is 105 Å². The molecule has 1 aromatic heterocycles. The van der Waals surface area contributed by atoms with Crippen LogP contribution in [0.3, 0.4) is 0 Å². The van der Waals surface area contributed by atoms with Gasteiger partial charge in [0.1, 0.15) is 12.1 Å². The lowest BCUT2D eigenvalue weighted by Gasteiger charge is -2.19. The van der Waals surface area contributed by atoms with E-state index >= 15 is 0 Å². The molecule has 0 aliphatic heterocycles. The number of nitrogens with zero attached hydrogens (tertiary/aromatic N) is 2. The van der Waals surface area contributed by atoms with Crippen molar-refractivity contribution >= 4 is 11.9 Å². The average molecular weight is 252 g/mol. The molecule has 0 fully saturated rings. The zero-order chi connectivity index (χ0) is 13.5. The third-order valence-corrected chi connectivity index (χ3v) is 2.28. The van der Waals surface area contributed by atoms with Crippen molar-refractivity contribution < 1.29 is 19.4 Å². The summed E-state index contributed by atoms with van der Waals surface area (Å²) >= 11 is 0. The predicted molar refractivity (Wildman–Crippen MR) is 64.6 cm³/mol. The van der Waals surface area contributed by atoms with E-state index in [1.54, 1.807) is 26.0 Å². The van der Waals surface area contributed by atoms with E-state index in [4.69, 9.17) is 9.84 Å². The van der Waals surface area contributed by atoms with E-state index in [1.807, 2.05) is 0 Å². The van der Waals surface area contributed by atoms with Crippen molar-refractivity contribution in [3.8, 4) is 5.88 Å². The summed E-state index contributed by atoms with van der Waals surface area (Å²) in [7, 11) is 0. The minimum Gasteiger partial charge on any atom is -0.480 e. The van der Waals surface area contributed by atoms with Gasteiger partial charge in [-0.2, -0.15) is 0 Å². The molecule has 1 rings (SSSR count). The van der Waals surface area contributed by atoms with Crippen LogP contribution in [-0.4, -0.2) is 46.6 Å². The van der Waals surface area contributed by atoms with Crippen LogP contribution in [-0.2, 0) is 4.79 Å². The fourth-order valence-corrected chi connectivity index (χ4v) is 1.47. The molecule has 0 aliphatic rings.